The second-order valence-corrected chi connectivity index (χ2v) is 8.65. The first-order valence-corrected chi connectivity index (χ1v) is 10.2. The Labute approximate surface area is 157 Å². The van der Waals surface area contributed by atoms with Gasteiger partial charge in [-0.25, -0.2) is 13.2 Å². The van der Waals surface area contributed by atoms with Gasteiger partial charge in [0.25, 0.3) is 0 Å². The van der Waals surface area contributed by atoms with E-state index in [1.165, 1.54) is 24.0 Å². The third-order valence-corrected chi connectivity index (χ3v) is 5.73. The maximum atomic E-state index is 12.0. The van der Waals surface area contributed by atoms with Crippen LogP contribution in [0, 0.1) is 0 Å². The Morgan fingerprint density at radius 2 is 1.63 bits per heavy atom. The molecular formula is C19H20N2O5S. The molecule has 142 valence electrons. The topological polar surface area (TPSA) is 95.0 Å². The van der Waals surface area contributed by atoms with Crippen molar-refractivity contribution in [1.82, 2.24) is 0 Å². The van der Waals surface area contributed by atoms with Gasteiger partial charge in [0.2, 0.25) is 5.91 Å². The smallest absolute Gasteiger partial charge is 0.411 e. The summed E-state index contributed by atoms with van der Waals surface area (Å²) in [6.45, 7) is 3.44. The van der Waals surface area contributed by atoms with Crippen molar-refractivity contribution in [2.45, 2.75) is 24.8 Å². The number of carboxylic acid groups (broad SMARTS) is 1. The number of fused-ring (bicyclic) bond motifs is 1. The fourth-order valence-corrected chi connectivity index (χ4v) is 3.99. The van der Waals surface area contributed by atoms with Crippen molar-refractivity contribution in [1.29, 1.82) is 0 Å². The molecule has 3 rings (SSSR count). The van der Waals surface area contributed by atoms with Crippen LogP contribution in [-0.4, -0.2) is 44.4 Å². The summed E-state index contributed by atoms with van der Waals surface area (Å²) in [6, 6.07) is 11.3. The van der Waals surface area contributed by atoms with Crippen LogP contribution < -0.4 is 9.80 Å². The Morgan fingerprint density at radius 1 is 1.04 bits per heavy atom. The SMILES string of the molecule is CC(=O)N1c2ccc(-c3ccc(S(C)(=O)=O)cc3)cc2N(C(=O)O)C[C@H]1C. The van der Waals surface area contributed by atoms with Crippen LogP contribution in [0.4, 0.5) is 16.2 Å². The van der Waals surface area contributed by atoms with E-state index in [1.54, 1.807) is 42.2 Å². The third-order valence-electron chi connectivity index (χ3n) is 4.60. The Kier molecular flexibility index (Phi) is 4.69. The van der Waals surface area contributed by atoms with Crippen molar-refractivity contribution in [2.75, 3.05) is 22.6 Å². The molecule has 2 amide bonds. The molecule has 7 nitrogen and oxygen atoms in total. The van der Waals surface area contributed by atoms with E-state index in [1.807, 2.05) is 0 Å². The minimum Gasteiger partial charge on any atom is -0.465 e. The number of benzene rings is 2. The van der Waals surface area contributed by atoms with Gasteiger partial charge in [0, 0.05) is 19.7 Å². The van der Waals surface area contributed by atoms with Gasteiger partial charge in [-0.2, -0.15) is 0 Å². The maximum absolute atomic E-state index is 12.0. The number of hydrogen-bond donors (Lipinski definition) is 1. The summed E-state index contributed by atoms with van der Waals surface area (Å²) in [6.07, 6.45) is 0.0549. The van der Waals surface area contributed by atoms with E-state index in [9.17, 15) is 23.1 Å². The Morgan fingerprint density at radius 3 is 2.15 bits per heavy atom. The molecule has 0 aromatic heterocycles. The number of carbonyl (C=O) groups excluding carboxylic acids is 1. The van der Waals surface area contributed by atoms with Crippen molar-refractivity contribution in [3.63, 3.8) is 0 Å². The van der Waals surface area contributed by atoms with Crippen LogP contribution in [0.15, 0.2) is 47.4 Å². The molecule has 27 heavy (non-hydrogen) atoms. The van der Waals surface area contributed by atoms with Crippen LogP contribution in [0.1, 0.15) is 13.8 Å². The first-order valence-electron chi connectivity index (χ1n) is 8.34. The molecule has 0 saturated carbocycles. The first kappa shape index (κ1) is 18.9. The van der Waals surface area contributed by atoms with Gasteiger partial charge < -0.3 is 10.0 Å². The van der Waals surface area contributed by atoms with E-state index in [4.69, 9.17) is 0 Å². The molecule has 1 heterocycles. The molecule has 0 radical (unpaired) electrons. The second kappa shape index (κ2) is 6.70. The Bertz CT molecular complexity index is 1010. The maximum Gasteiger partial charge on any atom is 0.411 e. The number of hydrogen-bond acceptors (Lipinski definition) is 4. The fraction of sp³-hybridized carbons (Fsp3) is 0.263. The van der Waals surface area contributed by atoms with E-state index in [0.29, 0.717) is 11.4 Å². The second-order valence-electron chi connectivity index (χ2n) is 6.63. The molecule has 0 bridgehead atoms. The highest BCUT2D eigenvalue weighted by molar-refractivity contribution is 7.90. The van der Waals surface area contributed by atoms with Gasteiger partial charge in [0.05, 0.1) is 22.3 Å². The molecule has 0 unspecified atom stereocenters. The van der Waals surface area contributed by atoms with Gasteiger partial charge in [-0.3, -0.25) is 9.69 Å². The van der Waals surface area contributed by atoms with Gasteiger partial charge in [0.1, 0.15) is 0 Å². The molecule has 2 aromatic carbocycles. The van der Waals surface area contributed by atoms with E-state index in [-0.39, 0.29) is 23.4 Å². The van der Waals surface area contributed by atoms with Crippen LogP contribution in [0.3, 0.4) is 0 Å². The van der Waals surface area contributed by atoms with E-state index < -0.39 is 15.9 Å². The van der Waals surface area contributed by atoms with Crippen molar-refractivity contribution in [3.8, 4) is 11.1 Å². The normalized spacial score (nSPS) is 16.8. The highest BCUT2D eigenvalue weighted by Crippen LogP contribution is 2.39. The zero-order valence-corrected chi connectivity index (χ0v) is 16.0. The quantitative estimate of drug-likeness (QED) is 0.853. The van der Waals surface area contributed by atoms with Crippen LogP contribution in [0.2, 0.25) is 0 Å². The van der Waals surface area contributed by atoms with Crippen molar-refractivity contribution >= 4 is 33.2 Å². The molecule has 1 aliphatic heterocycles. The summed E-state index contributed by atoms with van der Waals surface area (Å²) < 4.78 is 23.2. The van der Waals surface area contributed by atoms with Gasteiger partial charge in [0.15, 0.2) is 9.84 Å². The zero-order chi connectivity index (χ0) is 19.9. The molecular weight excluding hydrogens is 368 g/mol. The predicted molar refractivity (Wildman–Crippen MR) is 103 cm³/mol. The highest BCUT2D eigenvalue weighted by atomic mass is 32.2. The fourth-order valence-electron chi connectivity index (χ4n) is 3.36. The lowest BCUT2D eigenvalue weighted by Gasteiger charge is -2.39. The van der Waals surface area contributed by atoms with Crippen molar-refractivity contribution in [2.24, 2.45) is 0 Å². The summed E-state index contributed by atoms with van der Waals surface area (Å²) in [5.74, 6) is -0.154. The van der Waals surface area contributed by atoms with Crippen molar-refractivity contribution < 1.29 is 23.1 Å². The Balaban J connectivity index is 2.10. The number of carbonyl (C=O) groups is 2. The molecule has 0 aliphatic carbocycles. The summed E-state index contributed by atoms with van der Waals surface area (Å²) in [7, 11) is -3.29. The third kappa shape index (κ3) is 3.52. The number of sulfone groups is 1. The molecule has 1 atom stereocenters. The van der Waals surface area contributed by atoms with Gasteiger partial charge in [-0.15, -0.1) is 0 Å². The lowest BCUT2D eigenvalue weighted by atomic mass is 10.0. The first-order chi connectivity index (χ1) is 12.6. The van der Waals surface area contributed by atoms with Gasteiger partial charge >= 0.3 is 6.09 Å². The minimum atomic E-state index is -3.29. The average molecular weight is 388 g/mol. The minimum absolute atomic E-state index is 0.154. The predicted octanol–water partition coefficient (Wildman–Crippen LogP) is 3.00. The number of anilines is 2. The number of nitrogens with zero attached hydrogens (tertiary/aromatic N) is 2. The lowest BCUT2D eigenvalue weighted by Crippen LogP contribution is -2.51. The zero-order valence-electron chi connectivity index (χ0n) is 15.2. The monoisotopic (exact) mass is 388 g/mol. The summed E-state index contributed by atoms with van der Waals surface area (Å²) in [5.41, 5.74) is 2.46. The molecule has 0 fully saturated rings. The van der Waals surface area contributed by atoms with E-state index in [2.05, 4.69) is 0 Å². The largest absolute Gasteiger partial charge is 0.465 e. The lowest BCUT2D eigenvalue weighted by molar-refractivity contribution is -0.117. The van der Waals surface area contributed by atoms with Crippen LogP contribution in [0.25, 0.3) is 11.1 Å². The van der Waals surface area contributed by atoms with Crippen LogP contribution in [0.5, 0.6) is 0 Å². The molecule has 8 heteroatoms. The van der Waals surface area contributed by atoms with Gasteiger partial charge in [-0.05, 0) is 42.3 Å². The number of amides is 2. The summed E-state index contributed by atoms with van der Waals surface area (Å²) in [5, 5.41) is 9.57. The summed E-state index contributed by atoms with van der Waals surface area (Å²) >= 11 is 0. The highest BCUT2D eigenvalue weighted by Gasteiger charge is 2.33. The number of rotatable bonds is 2. The van der Waals surface area contributed by atoms with Crippen molar-refractivity contribution in [3.05, 3.63) is 42.5 Å². The van der Waals surface area contributed by atoms with Crippen LogP contribution in [-0.2, 0) is 14.6 Å². The standard InChI is InChI=1S/C19H20N2O5S/c1-12-11-20(19(23)24)18-10-15(6-9-17(18)21(12)13(2)22)14-4-7-16(8-5-14)27(3,25)26/h4-10,12H,11H2,1-3H3,(H,23,24)/t12-/m1/s1. The van der Waals surface area contributed by atoms with E-state index >= 15 is 0 Å². The Hall–Kier alpha value is -2.87. The summed E-state index contributed by atoms with van der Waals surface area (Å²) in [4.78, 5) is 26.8. The average Bonchev–Trinajstić information content (AvgIpc) is 2.59. The van der Waals surface area contributed by atoms with Gasteiger partial charge in [-0.1, -0.05) is 18.2 Å². The molecule has 0 saturated heterocycles. The van der Waals surface area contributed by atoms with Crippen LogP contribution >= 0.6 is 0 Å². The molecule has 2 aromatic rings. The molecule has 1 N–H and O–H groups in total. The molecule has 0 spiro atoms. The molecule has 1 aliphatic rings. The van der Waals surface area contributed by atoms with E-state index in [0.717, 1.165) is 17.4 Å².